The molecule has 0 aliphatic heterocycles. The maximum Gasteiger partial charge on any atom is 1.00 e. The fraction of sp³-hybridized carbons (Fsp3) is 1.00. The van der Waals surface area contributed by atoms with Crippen molar-refractivity contribution in [1.82, 2.24) is 0 Å². The van der Waals surface area contributed by atoms with Crippen LogP contribution in [0, 0.1) is 5.92 Å². The van der Waals surface area contributed by atoms with Gasteiger partial charge in [-0.15, -0.1) is 17.5 Å². The Bertz CT molecular complexity index is 124. The standard InChI is InChI=1S/C4H11O2PS2.Na/c1-4(2)3-6-7(5,8)9;/h4H,3H2,1-2H3,(H2,5,8,9);/q;+1/p-2. The van der Waals surface area contributed by atoms with Gasteiger partial charge in [0.15, 0.2) is 0 Å². The molecule has 0 saturated carbocycles. The molecule has 0 aromatic rings. The molecule has 0 radical (unpaired) electrons. The van der Waals surface area contributed by atoms with E-state index in [-0.39, 0.29) is 29.6 Å². The molecule has 0 aliphatic carbocycles. The van der Waals surface area contributed by atoms with E-state index in [1.165, 1.54) is 0 Å². The third kappa shape index (κ3) is 12.6. The summed E-state index contributed by atoms with van der Waals surface area (Å²) in [6, 6.07) is 0. The molecule has 0 bridgehead atoms. The number of rotatable bonds is 3. The monoisotopic (exact) mass is 207 g/mol. The van der Waals surface area contributed by atoms with Gasteiger partial charge in [-0.1, -0.05) is 13.8 Å². The van der Waals surface area contributed by atoms with E-state index >= 15 is 0 Å². The summed E-state index contributed by atoms with van der Waals surface area (Å²) in [6.07, 6.45) is 0. The van der Waals surface area contributed by atoms with Crippen LogP contribution in [0.15, 0.2) is 0 Å². The molecule has 0 heterocycles. The summed E-state index contributed by atoms with van der Waals surface area (Å²) in [6.45, 7) is 4.28. The molecule has 56 valence electrons. The molecule has 0 rings (SSSR count). The molecule has 0 saturated heterocycles. The fourth-order valence-electron chi connectivity index (χ4n) is 0.240. The summed E-state index contributed by atoms with van der Waals surface area (Å²) in [5, 5.41) is 0. The predicted octanol–water partition coefficient (Wildman–Crippen LogP) is -2.21. The molecule has 0 aromatic heterocycles. The molecule has 6 heteroatoms. The van der Waals surface area contributed by atoms with Gasteiger partial charge in [0.05, 0.1) is 6.61 Å². The van der Waals surface area contributed by atoms with Crippen LogP contribution in [0.2, 0.25) is 0 Å². The summed E-state index contributed by atoms with van der Waals surface area (Å²) in [5.41, 5.74) is -3.05. The Hall–Kier alpha value is 1.92. The molecule has 0 aliphatic rings. The van der Waals surface area contributed by atoms with Gasteiger partial charge in [0.1, 0.15) is 0 Å². The molecule has 0 N–H and O–H groups in total. The van der Waals surface area contributed by atoms with Gasteiger partial charge >= 0.3 is 29.6 Å². The van der Waals surface area contributed by atoms with Gasteiger partial charge in [-0.25, -0.2) is 0 Å². The molecule has 0 spiro atoms. The molecule has 1 unspecified atom stereocenters. The van der Waals surface area contributed by atoms with Crippen LogP contribution in [-0.2, 0) is 28.6 Å². The SMILES string of the molecule is CC(C)COP([O-])(=S)[S-].[Na+]. The molecular weight excluding hydrogens is 198 g/mol. The van der Waals surface area contributed by atoms with Crippen molar-refractivity contribution in [3.63, 3.8) is 0 Å². The van der Waals surface area contributed by atoms with Crippen LogP contribution in [0.5, 0.6) is 0 Å². The first-order chi connectivity index (χ1) is 3.92. The summed E-state index contributed by atoms with van der Waals surface area (Å²) < 4.78 is 4.68. The zero-order valence-electron chi connectivity index (χ0n) is 6.36. The van der Waals surface area contributed by atoms with Gasteiger partial charge in [-0.3, -0.25) is 0 Å². The summed E-state index contributed by atoms with van der Waals surface area (Å²) in [4.78, 5) is 10.5. The molecular formula is C4H9NaO2PS2-. The Kier molecular flexibility index (Phi) is 9.30. The molecule has 10 heavy (non-hydrogen) atoms. The Morgan fingerprint density at radius 3 is 2.20 bits per heavy atom. The van der Waals surface area contributed by atoms with Gasteiger partial charge in [0.25, 0.3) is 0 Å². The maximum absolute atomic E-state index is 10.5. The zero-order chi connectivity index (χ0) is 7.49. The average Bonchev–Trinajstić information content (AvgIpc) is 1.59. The molecule has 0 aromatic carbocycles. The Labute approximate surface area is 94.4 Å². The minimum absolute atomic E-state index is 0. The van der Waals surface area contributed by atoms with Gasteiger partial charge in [0, 0.05) is 0 Å². The van der Waals surface area contributed by atoms with Gasteiger partial charge in [-0.05, 0) is 5.92 Å². The van der Waals surface area contributed by atoms with E-state index in [1.807, 2.05) is 13.8 Å². The second-order valence-corrected chi connectivity index (χ2v) is 6.87. The van der Waals surface area contributed by atoms with Crippen molar-refractivity contribution in [3.05, 3.63) is 0 Å². The van der Waals surface area contributed by atoms with Crippen molar-refractivity contribution in [2.75, 3.05) is 6.61 Å². The molecule has 2 nitrogen and oxygen atoms in total. The molecule has 0 amide bonds. The van der Waals surface area contributed by atoms with Crippen LogP contribution < -0.4 is 34.5 Å². The van der Waals surface area contributed by atoms with Crippen LogP contribution in [0.3, 0.4) is 0 Å². The Balaban J connectivity index is 0. The largest absolute Gasteiger partial charge is 1.00 e. The quantitative estimate of drug-likeness (QED) is 0.298. The first-order valence-corrected chi connectivity index (χ1v) is 6.23. The second kappa shape index (κ2) is 6.44. The van der Waals surface area contributed by atoms with E-state index in [4.69, 9.17) is 0 Å². The first kappa shape index (κ1) is 14.4. The van der Waals surface area contributed by atoms with Crippen LogP contribution in [0.25, 0.3) is 0 Å². The minimum Gasteiger partial charge on any atom is -0.819 e. The van der Waals surface area contributed by atoms with Crippen molar-refractivity contribution < 1.29 is 39.0 Å². The van der Waals surface area contributed by atoms with E-state index in [0.717, 1.165) is 0 Å². The van der Waals surface area contributed by atoms with Gasteiger partial charge in [0.2, 0.25) is 0 Å². The third-order valence-electron chi connectivity index (χ3n) is 0.566. The average molecular weight is 207 g/mol. The van der Waals surface area contributed by atoms with Crippen molar-refractivity contribution >= 4 is 29.7 Å². The van der Waals surface area contributed by atoms with E-state index in [1.54, 1.807) is 0 Å². The van der Waals surface area contributed by atoms with E-state index < -0.39 is 5.69 Å². The van der Waals surface area contributed by atoms with Crippen molar-refractivity contribution in [2.45, 2.75) is 13.8 Å². The van der Waals surface area contributed by atoms with Crippen LogP contribution in [0.1, 0.15) is 13.8 Å². The van der Waals surface area contributed by atoms with E-state index in [0.29, 0.717) is 12.5 Å². The molecule has 1 atom stereocenters. The topological polar surface area (TPSA) is 32.3 Å². The second-order valence-electron chi connectivity index (χ2n) is 2.14. The molecule has 0 fully saturated rings. The van der Waals surface area contributed by atoms with Crippen molar-refractivity contribution in [3.8, 4) is 0 Å². The smallest absolute Gasteiger partial charge is 0.819 e. The number of hydrogen-bond acceptors (Lipinski definition) is 4. The van der Waals surface area contributed by atoms with Gasteiger partial charge in [-0.2, -0.15) is 0 Å². The maximum atomic E-state index is 10.5. The number of hydrogen-bond donors (Lipinski definition) is 0. The Morgan fingerprint density at radius 1 is 1.70 bits per heavy atom. The van der Waals surface area contributed by atoms with Crippen LogP contribution in [-0.4, -0.2) is 6.61 Å². The minimum atomic E-state index is -3.05. The van der Waals surface area contributed by atoms with Gasteiger partial charge < -0.3 is 21.7 Å². The fourth-order valence-corrected chi connectivity index (χ4v) is 1.09. The summed E-state index contributed by atoms with van der Waals surface area (Å²) in [7, 11) is 0. The summed E-state index contributed by atoms with van der Waals surface area (Å²) in [5.74, 6) is 0.337. The van der Waals surface area contributed by atoms with Crippen molar-refractivity contribution in [1.29, 1.82) is 0 Å². The van der Waals surface area contributed by atoms with Crippen molar-refractivity contribution in [2.24, 2.45) is 5.92 Å². The summed E-state index contributed by atoms with van der Waals surface area (Å²) >= 11 is 8.70. The zero-order valence-corrected chi connectivity index (χ0v) is 10.9. The first-order valence-electron chi connectivity index (χ1n) is 2.58. The Morgan fingerprint density at radius 2 is 2.10 bits per heavy atom. The van der Waals surface area contributed by atoms with Crippen LogP contribution in [0.4, 0.5) is 0 Å². The third-order valence-corrected chi connectivity index (χ3v) is 1.66. The van der Waals surface area contributed by atoms with E-state index in [9.17, 15) is 4.89 Å². The normalized spacial score (nSPS) is 16.1. The van der Waals surface area contributed by atoms with E-state index in [2.05, 4.69) is 28.6 Å². The predicted molar refractivity (Wildman–Crippen MR) is 42.4 cm³/mol. The van der Waals surface area contributed by atoms with Crippen LogP contribution >= 0.6 is 5.69 Å².